The van der Waals surface area contributed by atoms with Gasteiger partial charge in [0.15, 0.2) is 29.3 Å². The number of hydrogen-bond acceptors (Lipinski definition) is 4. The van der Waals surface area contributed by atoms with Crippen molar-refractivity contribution in [3.63, 3.8) is 0 Å². The van der Waals surface area contributed by atoms with Crippen LogP contribution in [0.2, 0.25) is 0 Å². The van der Waals surface area contributed by atoms with Gasteiger partial charge in [-0.1, -0.05) is 18.2 Å². The molecule has 2 aromatic carbocycles. The Hall–Kier alpha value is -3.35. The molecular weight excluding hydrogens is 521 g/mol. The van der Waals surface area contributed by atoms with Crippen molar-refractivity contribution in [1.29, 1.82) is 0 Å². The van der Waals surface area contributed by atoms with Crippen LogP contribution < -0.4 is 9.64 Å². The fourth-order valence-corrected chi connectivity index (χ4v) is 4.30. The summed E-state index contributed by atoms with van der Waals surface area (Å²) >= 11 is 0. The van der Waals surface area contributed by atoms with Gasteiger partial charge in [-0.05, 0) is 42.3 Å². The minimum atomic E-state index is -5.02. The van der Waals surface area contributed by atoms with E-state index < -0.39 is 60.4 Å². The van der Waals surface area contributed by atoms with Gasteiger partial charge >= 0.3 is 12.5 Å². The van der Waals surface area contributed by atoms with Crippen LogP contribution >= 0.6 is 0 Å². The van der Waals surface area contributed by atoms with Crippen molar-refractivity contribution in [3.05, 3.63) is 71.8 Å². The monoisotopic (exact) mass is 539 g/mol. The van der Waals surface area contributed by atoms with E-state index >= 15 is 0 Å². The van der Waals surface area contributed by atoms with Crippen molar-refractivity contribution in [2.75, 3.05) is 18.1 Å². The van der Waals surface area contributed by atoms with Crippen molar-refractivity contribution in [2.24, 2.45) is 5.92 Å². The second-order valence-corrected chi connectivity index (χ2v) is 8.41. The minimum absolute atomic E-state index is 0.0107. The first-order valence-corrected chi connectivity index (χ1v) is 10.8. The molecule has 2 unspecified atom stereocenters. The van der Waals surface area contributed by atoms with E-state index in [4.69, 9.17) is 4.74 Å². The zero-order valence-electron chi connectivity index (χ0n) is 18.6. The van der Waals surface area contributed by atoms with Gasteiger partial charge in [0, 0.05) is 11.5 Å². The van der Waals surface area contributed by atoms with Gasteiger partial charge in [0.2, 0.25) is 0 Å². The standard InChI is InChI=1S/C24H18F9NO3/c25-16-8-13(9-17(26)21(16)27)15-5-2-6-18-22(15)36-11-19(34(18)10-20(35)23(28,29)30)12-3-1-4-14(7-12)37-24(31,32)33/h1-2,4-9,12,19-20,35H,3,10-11H2/t12?,19-,20?/m1/s1. The van der Waals surface area contributed by atoms with Crippen LogP contribution in [0.4, 0.5) is 45.2 Å². The third-order valence-corrected chi connectivity index (χ3v) is 5.94. The summed E-state index contributed by atoms with van der Waals surface area (Å²) in [6.07, 6.45) is -9.17. The van der Waals surface area contributed by atoms with Crippen LogP contribution in [0.3, 0.4) is 0 Å². The number of nitrogens with zero attached hydrogens (tertiary/aromatic N) is 1. The Kier molecular flexibility index (Phi) is 7.10. The Labute approximate surface area is 204 Å². The molecule has 1 aliphatic carbocycles. The lowest BCUT2D eigenvalue weighted by molar-refractivity contribution is -0.303. The highest BCUT2D eigenvalue weighted by Crippen LogP contribution is 2.45. The number of ether oxygens (including phenoxy) is 2. The maximum absolute atomic E-state index is 13.9. The first-order valence-electron chi connectivity index (χ1n) is 10.8. The van der Waals surface area contributed by atoms with E-state index in [0.717, 1.165) is 17.1 Å². The smallest absolute Gasteiger partial charge is 0.489 e. The highest BCUT2D eigenvalue weighted by atomic mass is 19.4. The Morgan fingerprint density at radius 1 is 1.05 bits per heavy atom. The molecule has 2 aliphatic rings. The number of fused-ring (bicyclic) bond motifs is 1. The van der Waals surface area contributed by atoms with E-state index in [2.05, 4.69) is 4.74 Å². The Morgan fingerprint density at radius 3 is 2.35 bits per heavy atom. The highest BCUT2D eigenvalue weighted by molar-refractivity contribution is 5.80. The molecule has 1 N–H and O–H groups in total. The molecule has 0 bridgehead atoms. The molecule has 0 spiro atoms. The number of β-amino-alcohol motifs (C(OH)–C–C–N with tert-alkyl or cyclic N) is 1. The summed E-state index contributed by atoms with van der Waals surface area (Å²) in [4.78, 5) is 1.13. The number of aliphatic hydroxyl groups is 1. The largest absolute Gasteiger partial charge is 0.573 e. The van der Waals surface area contributed by atoms with Crippen molar-refractivity contribution in [3.8, 4) is 16.9 Å². The van der Waals surface area contributed by atoms with Crippen molar-refractivity contribution >= 4 is 5.69 Å². The average Bonchev–Trinajstić information content (AvgIpc) is 2.80. The molecule has 2 aromatic rings. The van der Waals surface area contributed by atoms with Crippen molar-refractivity contribution in [1.82, 2.24) is 0 Å². The fourth-order valence-electron chi connectivity index (χ4n) is 4.30. The molecule has 13 heteroatoms. The fraction of sp³-hybridized carbons (Fsp3) is 0.333. The Bertz CT molecular complexity index is 1200. The first-order chi connectivity index (χ1) is 17.2. The van der Waals surface area contributed by atoms with Crippen LogP contribution in [0.15, 0.2) is 54.3 Å². The molecule has 4 rings (SSSR count). The average molecular weight is 539 g/mol. The van der Waals surface area contributed by atoms with Crippen LogP contribution in [0, 0.1) is 23.4 Å². The number of para-hydroxylation sites is 1. The third kappa shape index (κ3) is 5.81. The van der Waals surface area contributed by atoms with Crippen LogP contribution in [-0.4, -0.2) is 42.9 Å². The lowest BCUT2D eigenvalue weighted by atomic mass is 9.89. The quantitative estimate of drug-likeness (QED) is 0.360. The molecule has 1 aliphatic heterocycles. The summed E-state index contributed by atoms with van der Waals surface area (Å²) in [5.41, 5.74) is -0.145. The number of alkyl halides is 6. The lowest BCUT2D eigenvalue weighted by Gasteiger charge is -2.43. The maximum Gasteiger partial charge on any atom is 0.573 e. The van der Waals surface area contributed by atoms with Crippen molar-refractivity contribution in [2.45, 2.75) is 31.1 Å². The van der Waals surface area contributed by atoms with E-state index in [1.54, 1.807) is 0 Å². The second-order valence-electron chi connectivity index (χ2n) is 8.41. The van der Waals surface area contributed by atoms with Crippen LogP contribution in [0.5, 0.6) is 5.75 Å². The number of allylic oxidation sites excluding steroid dienone is 2. The summed E-state index contributed by atoms with van der Waals surface area (Å²) < 4.78 is 129. The topological polar surface area (TPSA) is 41.9 Å². The molecule has 0 saturated carbocycles. The normalized spacial score (nSPS) is 20.7. The summed E-state index contributed by atoms with van der Waals surface area (Å²) in [5, 5.41) is 9.82. The van der Waals surface area contributed by atoms with Gasteiger partial charge in [-0.25, -0.2) is 13.2 Å². The van der Waals surface area contributed by atoms with Crippen molar-refractivity contribution < 1.29 is 54.1 Å². The van der Waals surface area contributed by atoms with Gasteiger partial charge in [0.1, 0.15) is 12.4 Å². The number of anilines is 1. The van der Waals surface area contributed by atoms with E-state index in [-0.39, 0.29) is 35.6 Å². The van der Waals surface area contributed by atoms with E-state index in [1.165, 1.54) is 24.3 Å². The molecule has 1 heterocycles. The molecule has 0 fully saturated rings. The molecule has 0 radical (unpaired) electrons. The summed E-state index contributed by atoms with van der Waals surface area (Å²) in [6, 6.07) is 4.42. The van der Waals surface area contributed by atoms with E-state index in [9.17, 15) is 44.6 Å². The molecule has 0 amide bonds. The maximum atomic E-state index is 13.9. The third-order valence-electron chi connectivity index (χ3n) is 5.94. The number of halogens is 9. The predicted octanol–water partition coefficient (Wildman–Crippen LogP) is 6.26. The molecule has 0 aromatic heterocycles. The lowest BCUT2D eigenvalue weighted by Crippen LogP contribution is -2.52. The summed E-state index contributed by atoms with van der Waals surface area (Å²) in [5.74, 6) is -6.18. The highest BCUT2D eigenvalue weighted by Gasteiger charge is 2.43. The van der Waals surface area contributed by atoms with E-state index in [0.29, 0.717) is 12.1 Å². The molecule has 3 atom stereocenters. The van der Waals surface area contributed by atoms with Crippen LogP contribution in [0.25, 0.3) is 11.1 Å². The molecule has 200 valence electrons. The van der Waals surface area contributed by atoms with Gasteiger partial charge < -0.3 is 19.5 Å². The molecule has 4 nitrogen and oxygen atoms in total. The Morgan fingerprint density at radius 2 is 1.73 bits per heavy atom. The Balaban J connectivity index is 1.76. The number of benzene rings is 2. The summed E-state index contributed by atoms with van der Waals surface area (Å²) in [7, 11) is 0. The number of rotatable bonds is 5. The zero-order valence-corrected chi connectivity index (χ0v) is 18.6. The minimum Gasteiger partial charge on any atom is -0.489 e. The van der Waals surface area contributed by atoms with Gasteiger partial charge in [0.05, 0.1) is 18.3 Å². The number of hydrogen-bond donors (Lipinski definition) is 1. The SMILES string of the molecule is OC(CN1c2cccc(-c3cc(F)c(F)c(F)c3)c2OC[C@@H]1C1C=C(OC(F)(F)F)C=CC1)C(F)(F)F. The van der Waals surface area contributed by atoms with Gasteiger partial charge in [0.25, 0.3) is 0 Å². The summed E-state index contributed by atoms with van der Waals surface area (Å²) in [6.45, 7) is -1.36. The molecule has 0 saturated heterocycles. The predicted molar refractivity (Wildman–Crippen MR) is 113 cm³/mol. The zero-order chi connectivity index (χ0) is 27.1. The first kappa shape index (κ1) is 26.7. The van der Waals surface area contributed by atoms with Gasteiger partial charge in [-0.3, -0.25) is 0 Å². The van der Waals surface area contributed by atoms with Gasteiger partial charge in [-0.2, -0.15) is 13.2 Å². The molecule has 37 heavy (non-hydrogen) atoms. The van der Waals surface area contributed by atoms with Crippen LogP contribution in [0.1, 0.15) is 6.42 Å². The second kappa shape index (κ2) is 9.84. The molecular formula is C24H18F9NO3. The number of aliphatic hydroxyl groups excluding tert-OH is 1. The van der Waals surface area contributed by atoms with E-state index in [1.807, 2.05) is 0 Å². The van der Waals surface area contributed by atoms with Gasteiger partial charge in [-0.15, -0.1) is 13.2 Å². The van der Waals surface area contributed by atoms with Crippen LogP contribution in [-0.2, 0) is 4.74 Å².